The number of amidine groups is 1. The summed E-state index contributed by atoms with van der Waals surface area (Å²) in [5, 5.41) is 9.01. The van der Waals surface area contributed by atoms with Gasteiger partial charge < -0.3 is 5.73 Å². The highest BCUT2D eigenvalue weighted by molar-refractivity contribution is 5.99. The van der Waals surface area contributed by atoms with E-state index in [4.69, 9.17) is 11.0 Å². The van der Waals surface area contributed by atoms with Crippen molar-refractivity contribution in [2.24, 2.45) is 10.7 Å². The van der Waals surface area contributed by atoms with Crippen LogP contribution in [-0.2, 0) is 0 Å². The average molecular weight is 201 g/mol. The van der Waals surface area contributed by atoms with Gasteiger partial charge in [-0.2, -0.15) is 5.26 Å². The van der Waals surface area contributed by atoms with Crippen molar-refractivity contribution in [3.8, 4) is 6.07 Å². The lowest BCUT2D eigenvalue weighted by atomic mass is 9.97. The SMILES string of the molecule is CN=C(N)c1ccc(C(C)C)cc1C#N. The van der Waals surface area contributed by atoms with Gasteiger partial charge in [0, 0.05) is 12.6 Å². The Morgan fingerprint density at radius 3 is 2.60 bits per heavy atom. The Kier molecular flexibility index (Phi) is 3.46. The van der Waals surface area contributed by atoms with Crippen molar-refractivity contribution >= 4 is 5.84 Å². The smallest absolute Gasteiger partial charge is 0.126 e. The Morgan fingerprint density at radius 2 is 2.13 bits per heavy atom. The summed E-state index contributed by atoms with van der Waals surface area (Å²) >= 11 is 0. The predicted octanol–water partition coefficient (Wildman–Crippen LogP) is 2.02. The van der Waals surface area contributed by atoms with E-state index in [0.717, 1.165) is 5.56 Å². The van der Waals surface area contributed by atoms with E-state index in [-0.39, 0.29) is 0 Å². The lowest BCUT2D eigenvalue weighted by Crippen LogP contribution is -2.14. The van der Waals surface area contributed by atoms with E-state index >= 15 is 0 Å². The molecule has 3 nitrogen and oxygen atoms in total. The van der Waals surface area contributed by atoms with Crippen molar-refractivity contribution < 1.29 is 0 Å². The molecule has 2 N–H and O–H groups in total. The molecular weight excluding hydrogens is 186 g/mol. The topological polar surface area (TPSA) is 62.2 Å². The Bertz CT molecular complexity index is 425. The zero-order valence-electron chi connectivity index (χ0n) is 9.28. The van der Waals surface area contributed by atoms with Crippen molar-refractivity contribution in [2.75, 3.05) is 7.05 Å². The van der Waals surface area contributed by atoms with Crippen molar-refractivity contribution in [2.45, 2.75) is 19.8 Å². The predicted molar refractivity (Wildman–Crippen MR) is 61.9 cm³/mol. The van der Waals surface area contributed by atoms with E-state index < -0.39 is 0 Å². The van der Waals surface area contributed by atoms with Crippen molar-refractivity contribution in [3.05, 3.63) is 34.9 Å². The maximum absolute atomic E-state index is 9.01. The van der Waals surface area contributed by atoms with Crippen LogP contribution in [0.15, 0.2) is 23.2 Å². The standard InChI is InChI=1S/C12H15N3/c1-8(2)9-4-5-11(12(14)15-3)10(6-9)7-13/h4-6,8H,1-3H3,(H2,14,15). The van der Waals surface area contributed by atoms with Crippen LogP contribution < -0.4 is 5.73 Å². The summed E-state index contributed by atoms with van der Waals surface area (Å²) in [6.07, 6.45) is 0. The van der Waals surface area contributed by atoms with Gasteiger partial charge in [0.25, 0.3) is 0 Å². The molecule has 0 aliphatic carbocycles. The van der Waals surface area contributed by atoms with Crippen LogP contribution in [-0.4, -0.2) is 12.9 Å². The highest BCUT2D eigenvalue weighted by atomic mass is 14.8. The second kappa shape index (κ2) is 4.61. The second-order valence-electron chi connectivity index (χ2n) is 3.68. The molecule has 15 heavy (non-hydrogen) atoms. The Hall–Kier alpha value is -1.82. The molecule has 0 spiro atoms. The lowest BCUT2D eigenvalue weighted by molar-refractivity contribution is 0.866. The third-order valence-electron chi connectivity index (χ3n) is 2.35. The van der Waals surface area contributed by atoms with Crippen LogP contribution in [0.1, 0.15) is 36.5 Å². The quantitative estimate of drug-likeness (QED) is 0.587. The van der Waals surface area contributed by atoms with Crippen LogP contribution in [0.25, 0.3) is 0 Å². The van der Waals surface area contributed by atoms with Gasteiger partial charge in [0.2, 0.25) is 0 Å². The third-order valence-corrected chi connectivity index (χ3v) is 2.35. The third kappa shape index (κ3) is 2.35. The molecule has 0 radical (unpaired) electrons. The maximum atomic E-state index is 9.01. The van der Waals surface area contributed by atoms with Gasteiger partial charge in [-0.3, -0.25) is 4.99 Å². The van der Waals surface area contributed by atoms with E-state index in [0.29, 0.717) is 22.9 Å². The first kappa shape index (κ1) is 11.3. The Balaban J connectivity index is 3.29. The van der Waals surface area contributed by atoms with Gasteiger partial charge in [0.15, 0.2) is 0 Å². The molecule has 0 bridgehead atoms. The molecule has 1 rings (SSSR count). The van der Waals surface area contributed by atoms with Crippen LogP contribution >= 0.6 is 0 Å². The summed E-state index contributed by atoms with van der Waals surface area (Å²) in [7, 11) is 1.62. The second-order valence-corrected chi connectivity index (χ2v) is 3.68. The van der Waals surface area contributed by atoms with Crippen LogP contribution in [0, 0.1) is 11.3 Å². The fourth-order valence-electron chi connectivity index (χ4n) is 1.36. The zero-order chi connectivity index (χ0) is 11.4. The van der Waals surface area contributed by atoms with Gasteiger partial charge >= 0.3 is 0 Å². The van der Waals surface area contributed by atoms with Gasteiger partial charge in [-0.25, -0.2) is 0 Å². The Labute approximate surface area is 90.2 Å². The number of hydrogen-bond donors (Lipinski definition) is 1. The molecule has 78 valence electrons. The first-order valence-corrected chi connectivity index (χ1v) is 4.86. The molecule has 1 aromatic rings. The number of nitriles is 1. The molecular formula is C12H15N3. The van der Waals surface area contributed by atoms with E-state index in [2.05, 4.69) is 24.9 Å². The number of aliphatic imine (C=N–C) groups is 1. The summed E-state index contributed by atoms with van der Waals surface area (Å²) < 4.78 is 0. The van der Waals surface area contributed by atoms with Crippen molar-refractivity contribution in [1.82, 2.24) is 0 Å². The van der Waals surface area contributed by atoms with Crippen molar-refractivity contribution in [1.29, 1.82) is 5.26 Å². The highest BCUT2D eigenvalue weighted by Crippen LogP contribution is 2.18. The van der Waals surface area contributed by atoms with E-state index in [1.807, 2.05) is 18.2 Å². The first-order valence-electron chi connectivity index (χ1n) is 4.86. The molecule has 0 heterocycles. The molecule has 0 aromatic heterocycles. The monoisotopic (exact) mass is 201 g/mol. The summed E-state index contributed by atoms with van der Waals surface area (Å²) in [5.41, 5.74) is 8.13. The van der Waals surface area contributed by atoms with Gasteiger partial charge in [-0.15, -0.1) is 0 Å². The van der Waals surface area contributed by atoms with Crippen LogP contribution in [0.3, 0.4) is 0 Å². The van der Waals surface area contributed by atoms with Crippen molar-refractivity contribution in [3.63, 3.8) is 0 Å². The minimum absolute atomic E-state index is 0.404. The van der Waals surface area contributed by atoms with E-state index in [1.54, 1.807) is 7.05 Å². The fourth-order valence-corrected chi connectivity index (χ4v) is 1.36. The molecule has 3 heteroatoms. The molecule has 0 aliphatic heterocycles. The van der Waals surface area contributed by atoms with E-state index in [1.165, 1.54) is 0 Å². The minimum atomic E-state index is 0.404. The highest BCUT2D eigenvalue weighted by Gasteiger charge is 2.08. The fraction of sp³-hybridized carbons (Fsp3) is 0.333. The van der Waals surface area contributed by atoms with Crippen LogP contribution in [0.4, 0.5) is 0 Å². The molecule has 0 atom stereocenters. The number of benzene rings is 1. The minimum Gasteiger partial charge on any atom is -0.383 e. The average Bonchev–Trinajstić information content (AvgIpc) is 2.27. The first-order chi connectivity index (χ1) is 7.10. The normalized spacial score (nSPS) is 11.5. The summed E-state index contributed by atoms with van der Waals surface area (Å²) in [6, 6.07) is 7.86. The summed E-state index contributed by atoms with van der Waals surface area (Å²) in [6.45, 7) is 4.18. The molecule has 0 saturated heterocycles. The van der Waals surface area contributed by atoms with Gasteiger partial charge in [0.1, 0.15) is 5.84 Å². The Morgan fingerprint density at radius 1 is 1.47 bits per heavy atom. The van der Waals surface area contributed by atoms with Crippen LogP contribution in [0.5, 0.6) is 0 Å². The summed E-state index contributed by atoms with van der Waals surface area (Å²) in [4.78, 5) is 3.89. The number of rotatable bonds is 2. The van der Waals surface area contributed by atoms with Gasteiger partial charge in [-0.1, -0.05) is 19.9 Å². The number of nitrogens with zero attached hydrogens (tertiary/aromatic N) is 2. The van der Waals surface area contributed by atoms with Gasteiger partial charge in [0.05, 0.1) is 11.6 Å². The molecule has 0 aliphatic rings. The number of hydrogen-bond acceptors (Lipinski definition) is 2. The van der Waals surface area contributed by atoms with Crippen LogP contribution in [0.2, 0.25) is 0 Å². The molecule has 0 amide bonds. The molecule has 0 saturated carbocycles. The molecule has 1 aromatic carbocycles. The van der Waals surface area contributed by atoms with E-state index in [9.17, 15) is 0 Å². The maximum Gasteiger partial charge on any atom is 0.126 e. The largest absolute Gasteiger partial charge is 0.383 e. The lowest BCUT2D eigenvalue weighted by Gasteiger charge is -2.08. The molecule has 0 fully saturated rings. The molecule has 0 unspecified atom stereocenters. The summed E-state index contributed by atoms with van der Waals surface area (Å²) in [5.74, 6) is 0.813. The van der Waals surface area contributed by atoms with Gasteiger partial charge in [-0.05, 0) is 23.6 Å². The number of nitrogens with two attached hydrogens (primary N) is 1. The zero-order valence-corrected chi connectivity index (χ0v) is 9.28.